The van der Waals surface area contributed by atoms with Crippen molar-refractivity contribution < 1.29 is 18.3 Å². The minimum Gasteiger partial charge on any atom is -0.494 e. The Bertz CT molecular complexity index is 547. The fourth-order valence-corrected chi connectivity index (χ4v) is 2.79. The number of hydrogen-bond donors (Lipinski definition) is 2. The highest BCUT2D eigenvalue weighted by atomic mass is 19.1. The summed E-state index contributed by atoms with van der Waals surface area (Å²) in [6, 6.07) is 1.83. The fourth-order valence-electron chi connectivity index (χ4n) is 2.79. The number of hydrogen-bond acceptors (Lipinski definition) is 3. The van der Waals surface area contributed by atoms with Crippen molar-refractivity contribution in [3.8, 4) is 5.75 Å². The van der Waals surface area contributed by atoms with Gasteiger partial charge in [0, 0.05) is 17.7 Å². The maximum atomic E-state index is 13.8. The van der Waals surface area contributed by atoms with Gasteiger partial charge in [0.05, 0.1) is 18.7 Å². The van der Waals surface area contributed by atoms with Crippen molar-refractivity contribution in [1.29, 1.82) is 0 Å². The average Bonchev–Trinajstić information content (AvgIpc) is 2.41. The molecule has 1 saturated carbocycles. The van der Waals surface area contributed by atoms with Crippen LogP contribution in [0.15, 0.2) is 12.1 Å². The third-order valence-electron chi connectivity index (χ3n) is 4.07. The van der Waals surface area contributed by atoms with E-state index in [1.54, 1.807) is 0 Å². The zero-order valence-electron chi connectivity index (χ0n) is 12.2. The fraction of sp³-hybridized carbons (Fsp3) is 0.533. The second kappa shape index (κ2) is 5.97. The maximum absolute atomic E-state index is 13.8. The molecule has 2 rings (SSSR count). The summed E-state index contributed by atoms with van der Waals surface area (Å²) in [5.41, 5.74) is 5.33. The first-order chi connectivity index (χ1) is 9.85. The van der Waals surface area contributed by atoms with Crippen LogP contribution in [0.3, 0.4) is 0 Å². The summed E-state index contributed by atoms with van der Waals surface area (Å²) in [4.78, 5) is 12.3. The number of benzene rings is 1. The molecule has 2 unspecified atom stereocenters. The minimum atomic E-state index is -0.740. The molecule has 1 amide bonds. The van der Waals surface area contributed by atoms with Crippen molar-refractivity contribution in [2.24, 2.45) is 11.7 Å². The predicted molar refractivity (Wildman–Crippen MR) is 76.1 cm³/mol. The number of nitrogens with one attached hydrogen (secondary N) is 1. The van der Waals surface area contributed by atoms with Crippen LogP contribution in [0.5, 0.6) is 5.75 Å². The van der Waals surface area contributed by atoms with E-state index in [0.29, 0.717) is 6.42 Å². The van der Waals surface area contributed by atoms with Gasteiger partial charge in [-0.25, -0.2) is 8.78 Å². The summed E-state index contributed by atoms with van der Waals surface area (Å²) in [6.07, 6.45) is 3.27. The van der Waals surface area contributed by atoms with Crippen LogP contribution in [-0.2, 0) is 4.79 Å². The van der Waals surface area contributed by atoms with Gasteiger partial charge in [-0.1, -0.05) is 12.8 Å². The standard InChI is InChI=1S/C15H20F2N2O2/c1-15(18)6-4-3-5-9(15)14(20)19-12-7-11(17)13(21-2)8-10(12)16/h7-9H,3-6,18H2,1-2H3,(H,19,20). The smallest absolute Gasteiger partial charge is 0.229 e. The Labute approximate surface area is 122 Å². The number of halogens is 2. The Hall–Kier alpha value is -1.69. The first-order valence-electron chi connectivity index (χ1n) is 6.98. The number of anilines is 1. The van der Waals surface area contributed by atoms with Crippen LogP contribution in [0, 0.1) is 17.6 Å². The predicted octanol–water partition coefficient (Wildman–Crippen LogP) is 2.82. The molecule has 1 aliphatic carbocycles. The highest BCUT2D eigenvalue weighted by molar-refractivity contribution is 5.93. The van der Waals surface area contributed by atoms with Gasteiger partial charge in [0.2, 0.25) is 5.91 Å². The maximum Gasteiger partial charge on any atom is 0.229 e. The van der Waals surface area contributed by atoms with Crippen LogP contribution in [0.25, 0.3) is 0 Å². The molecule has 0 heterocycles. The van der Waals surface area contributed by atoms with E-state index in [1.807, 2.05) is 6.92 Å². The molecular formula is C15H20F2N2O2. The molecule has 2 atom stereocenters. The molecule has 1 fully saturated rings. The van der Waals surface area contributed by atoms with E-state index >= 15 is 0 Å². The van der Waals surface area contributed by atoms with Crippen molar-refractivity contribution in [1.82, 2.24) is 0 Å². The Balaban J connectivity index is 2.18. The highest BCUT2D eigenvalue weighted by Gasteiger charge is 2.38. The summed E-state index contributed by atoms with van der Waals surface area (Å²) >= 11 is 0. The van der Waals surface area contributed by atoms with Crippen LogP contribution >= 0.6 is 0 Å². The molecule has 0 saturated heterocycles. The number of methoxy groups -OCH3 is 1. The van der Waals surface area contributed by atoms with Crippen molar-refractivity contribution >= 4 is 11.6 Å². The van der Waals surface area contributed by atoms with Gasteiger partial charge in [-0.05, 0) is 19.8 Å². The Kier molecular flexibility index (Phi) is 4.46. The van der Waals surface area contributed by atoms with Gasteiger partial charge in [-0.15, -0.1) is 0 Å². The molecule has 4 nitrogen and oxygen atoms in total. The molecule has 6 heteroatoms. The summed E-state index contributed by atoms with van der Waals surface area (Å²) in [6.45, 7) is 1.82. The van der Waals surface area contributed by atoms with Crippen molar-refractivity contribution in [3.63, 3.8) is 0 Å². The summed E-state index contributed by atoms with van der Waals surface area (Å²) in [5.74, 6) is -2.45. The van der Waals surface area contributed by atoms with E-state index in [-0.39, 0.29) is 17.3 Å². The molecule has 3 N–H and O–H groups in total. The number of nitrogens with two attached hydrogens (primary N) is 1. The van der Waals surface area contributed by atoms with Gasteiger partial charge in [-0.2, -0.15) is 0 Å². The molecule has 0 spiro atoms. The molecule has 0 aliphatic heterocycles. The zero-order valence-corrected chi connectivity index (χ0v) is 12.2. The van der Waals surface area contributed by atoms with Crippen LogP contribution in [0.4, 0.5) is 14.5 Å². The molecule has 0 bridgehead atoms. The first kappa shape index (κ1) is 15.7. The van der Waals surface area contributed by atoms with Crippen LogP contribution < -0.4 is 15.8 Å². The van der Waals surface area contributed by atoms with Gasteiger partial charge < -0.3 is 15.8 Å². The number of ether oxygens (including phenoxy) is 1. The molecule has 1 aromatic rings. The van der Waals surface area contributed by atoms with Gasteiger partial charge >= 0.3 is 0 Å². The van der Waals surface area contributed by atoms with Crippen LogP contribution in [0.2, 0.25) is 0 Å². The second-order valence-electron chi connectivity index (χ2n) is 5.76. The third kappa shape index (κ3) is 3.32. The summed E-state index contributed by atoms with van der Waals surface area (Å²) in [5, 5.41) is 2.44. The SMILES string of the molecule is COc1cc(F)c(NC(=O)C2CCCCC2(C)N)cc1F. The number of rotatable bonds is 3. The van der Waals surface area contributed by atoms with Crippen molar-refractivity contribution in [3.05, 3.63) is 23.8 Å². The topological polar surface area (TPSA) is 64.3 Å². The van der Waals surface area contributed by atoms with Gasteiger partial charge in [0.25, 0.3) is 0 Å². The second-order valence-corrected chi connectivity index (χ2v) is 5.76. The summed E-state index contributed by atoms with van der Waals surface area (Å²) < 4.78 is 32.1. The molecular weight excluding hydrogens is 278 g/mol. The van der Waals surface area contributed by atoms with E-state index < -0.39 is 23.1 Å². The number of amides is 1. The molecule has 1 aliphatic rings. The van der Waals surface area contributed by atoms with Gasteiger partial charge in [0.1, 0.15) is 0 Å². The van der Waals surface area contributed by atoms with E-state index in [4.69, 9.17) is 5.73 Å². The van der Waals surface area contributed by atoms with Gasteiger partial charge in [-0.3, -0.25) is 4.79 Å². The Morgan fingerprint density at radius 3 is 2.71 bits per heavy atom. The number of carbonyl (C=O) groups excluding carboxylic acids is 1. The van der Waals surface area contributed by atoms with E-state index in [0.717, 1.165) is 31.4 Å². The minimum absolute atomic E-state index is 0.195. The highest BCUT2D eigenvalue weighted by Crippen LogP contribution is 2.33. The molecule has 116 valence electrons. The van der Waals surface area contributed by atoms with Crippen molar-refractivity contribution in [2.45, 2.75) is 38.1 Å². The normalized spacial score (nSPS) is 25.5. The molecule has 1 aromatic carbocycles. The quantitative estimate of drug-likeness (QED) is 0.902. The Morgan fingerprint density at radius 1 is 1.38 bits per heavy atom. The third-order valence-corrected chi connectivity index (χ3v) is 4.07. The lowest BCUT2D eigenvalue weighted by molar-refractivity contribution is -0.122. The number of carbonyl (C=O) groups is 1. The van der Waals surface area contributed by atoms with Crippen LogP contribution in [-0.4, -0.2) is 18.6 Å². The Morgan fingerprint density at radius 2 is 2.10 bits per heavy atom. The first-order valence-corrected chi connectivity index (χ1v) is 6.98. The van der Waals surface area contributed by atoms with E-state index in [1.165, 1.54) is 7.11 Å². The van der Waals surface area contributed by atoms with Crippen molar-refractivity contribution in [2.75, 3.05) is 12.4 Å². The average molecular weight is 298 g/mol. The largest absolute Gasteiger partial charge is 0.494 e. The van der Waals surface area contributed by atoms with E-state index in [9.17, 15) is 13.6 Å². The molecule has 0 radical (unpaired) electrons. The van der Waals surface area contributed by atoms with Gasteiger partial charge in [0.15, 0.2) is 17.4 Å². The monoisotopic (exact) mass is 298 g/mol. The molecule has 0 aromatic heterocycles. The lowest BCUT2D eigenvalue weighted by atomic mass is 9.74. The lowest BCUT2D eigenvalue weighted by Crippen LogP contribution is -2.51. The molecule has 21 heavy (non-hydrogen) atoms. The van der Waals surface area contributed by atoms with E-state index in [2.05, 4.69) is 10.1 Å². The lowest BCUT2D eigenvalue weighted by Gasteiger charge is -2.37. The zero-order chi connectivity index (χ0) is 15.6. The summed E-state index contributed by atoms with van der Waals surface area (Å²) in [7, 11) is 1.25. The van der Waals surface area contributed by atoms with Crippen LogP contribution in [0.1, 0.15) is 32.6 Å².